The second-order valence-corrected chi connectivity index (χ2v) is 11.3. The Labute approximate surface area is 203 Å². The molecule has 4 heterocycles. The van der Waals surface area contributed by atoms with Crippen LogP contribution in [-0.4, -0.2) is 51.8 Å². The molecular formula is C20H18ClN7O4S2. The van der Waals surface area contributed by atoms with Crippen molar-refractivity contribution in [3.8, 4) is 33.6 Å². The Bertz CT molecular complexity index is 1520. The fraction of sp³-hybridized carbons (Fsp3) is 0.250. The SMILES string of the molecule is Cc1nc(-c2ccc(-c3nnc(-c4cc(Cl)c([C@]5(C)CS(=O)(=O)N(C)C(N)=N5)s4)o3)cc2)no1. The molecule has 4 aromatic rings. The number of aryl methyl sites for hydroxylation is 1. The molecule has 0 radical (unpaired) electrons. The summed E-state index contributed by atoms with van der Waals surface area (Å²) in [5.74, 6) is 1.17. The molecule has 0 saturated heterocycles. The molecule has 0 aliphatic carbocycles. The number of hydrogen-bond donors (Lipinski definition) is 1. The van der Waals surface area contributed by atoms with Crippen molar-refractivity contribution in [2.45, 2.75) is 19.4 Å². The predicted molar refractivity (Wildman–Crippen MR) is 127 cm³/mol. The van der Waals surface area contributed by atoms with Crippen LogP contribution < -0.4 is 5.73 Å². The van der Waals surface area contributed by atoms with Gasteiger partial charge in [-0.15, -0.1) is 21.5 Å². The van der Waals surface area contributed by atoms with E-state index in [1.807, 2.05) is 24.3 Å². The molecule has 34 heavy (non-hydrogen) atoms. The zero-order valence-electron chi connectivity index (χ0n) is 18.2. The van der Waals surface area contributed by atoms with Gasteiger partial charge in [0.15, 0.2) is 0 Å². The quantitative estimate of drug-likeness (QED) is 0.427. The number of sulfonamides is 1. The van der Waals surface area contributed by atoms with Crippen LogP contribution in [0.15, 0.2) is 44.3 Å². The van der Waals surface area contributed by atoms with E-state index in [0.717, 1.165) is 9.87 Å². The largest absolute Gasteiger partial charge is 0.415 e. The van der Waals surface area contributed by atoms with Gasteiger partial charge in [0.2, 0.25) is 33.6 Å². The highest BCUT2D eigenvalue weighted by atomic mass is 35.5. The number of hydrogen-bond acceptors (Lipinski definition) is 11. The van der Waals surface area contributed by atoms with Crippen LogP contribution in [0.1, 0.15) is 17.7 Å². The maximum Gasteiger partial charge on any atom is 0.258 e. The highest BCUT2D eigenvalue weighted by Crippen LogP contribution is 2.44. The molecule has 0 fully saturated rings. The van der Waals surface area contributed by atoms with Crippen LogP contribution in [0.4, 0.5) is 0 Å². The van der Waals surface area contributed by atoms with Gasteiger partial charge in [0.05, 0.1) is 20.5 Å². The van der Waals surface area contributed by atoms with Crippen molar-refractivity contribution >= 4 is 38.9 Å². The van der Waals surface area contributed by atoms with Crippen molar-refractivity contribution in [1.82, 2.24) is 24.6 Å². The lowest BCUT2D eigenvalue weighted by atomic mass is 10.0. The van der Waals surface area contributed by atoms with Crippen molar-refractivity contribution in [3.05, 3.63) is 46.1 Å². The van der Waals surface area contributed by atoms with Crippen LogP contribution in [-0.2, 0) is 15.6 Å². The van der Waals surface area contributed by atoms with Crippen LogP contribution in [0.25, 0.3) is 33.6 Å². The second-order valence-electron chi connectivity index (χ2n) is 7.88. The fourth-order valence-electron chi connectivity index (χ4n) is 3.53. The summed E-state index contributed by atoms with van der Waals surface area (Å²) in [7, 11) is -2.27. The van der Waals surface area contributed by atoms with Gasteiger partial charge >= 0.3 is 0 Å². The van der Waals surface area contributed by atoms with E-state index in [4.69, 9.17) is 26.3 Å². The van der Waals surface area contributed by atoms with Crippen LogP contribution in [0.2, 0.25) is 5.02 Å². The van der Waals surface area contributed by atoms with E-state index in [2.05, 4.69) is 25.3 Å². The zero-order chi connectivity index (χ0) is 24.3. The Balaban J connectivity index is 1.44. The summed E-state index contributed by atoms with van der Waals surface area (Å²) in [4.78, 5) is 9.73. The molecule has 0 amide bonds. The molecule has 0 bridgehead atoms. The molecule has 176 valence electrons. The van der Waals surface area contributed by atoms with E-state index < -0.39 is 15.6 Å². The summed E-state index contributed by atoms with van der Waals surface area (Å²) < 4.78 is 36.9. The summed E-state index contributed by atoms with van der Waals surface area (Å²) in [5, 5.41) is 12.5. The Morgan fingerprint density at radius 1 is 1.18 bits per heavy atom. The van der Waals surface area contributed by atoms with Gasteiger partial charge in [0.1, 0.15) is 5.54 Å². The monoisotopic (exact) mass is 519 g/mol. The van der Waals surface area contributed by atoms with E-state index in [0.29, 0.717) is 37.9 Å². The number of benzene rings is 1. The van der Waals surface area contributed by atoms with Crippen LogP contribution in [0, 0.1) is 6.92 Å². The van der Waals surface area contributed by atoms with Crippen LogP contribution in [0.5, 0.6) is 0 Å². The molecule has 0 saturated carbocycles. The normalized spacial score (nSPS) is 19.9. The van der Waals surface area contributed by atoms with Gasteiger partial charge in [-0.1, -0.05) is 28.9 Å². The molecule has 3 aromatic heterocycles. The molecule has 11 nitrogen and oxygen atoms in total. The van der Waals surface area contributed by atoms with Gasteiger partial charge in [-0.3, -0.25) is 0 Å². The fourth-order valence-corrected chi connectivity index (χ4v) is 6.61. The highest BCUT2D eigenvalue weighted by molar-refractivity contribution is 7.89. The summed E-state index contributed by atoms with van der Waals surface area (Å²) >= 11 is 7.71. The highest BCUT2D eigenvalue weighted by Gasteiger charge is 2.42. The minimum absolute atomic E-state index is 0.0979. The number of guanidine groups is 1. The van der Waals surface area contributed by atoms with Crippen molar-refractivity contribution in [2.24, 2.45) is 10.7 Å². The van der Waals surface area contributed by atoms with Crippen molar-refractivity contribution < 1.29 is 17.4 Å². The van der Waals surface area contributed by atoms with E-state index in [-0.39, 0.29) is 17.6 Å². The van der Waals surface area contributed by atoms with E-state index in [1.54, 1.807) is 19.9 Å². The lowest BCUT2D eigenvalue weighted by Crippen LogP contribution is -2.50. The Morgan fingerprint density at radius 2 is 1.85 bits per heavy atom. The molecule has 0 unspecified atom stereocenters. The Hall–Kier alpha value is -3.29. The second kappa shape index (κ2) is 7.89. The van der Waals surface area contributed by atoms with Gasteiger partial charge in [0.25, 0.3) is 5.89 Å². The Kier molecular flexibility index (Phi) is 5.22. The maximum atomic E-state index is 12.5. The molecular weight excluding hydrogens is 502 g/mol. The first kappa shape index (κ1) is 22.5. The molecule has 1 aromatic carbocycles. The van der Waals surface area contributed by atoms with Crippen LogP contribution in [0.3, 0.4) is 0 Å². The third-order valence-electron chi connectivity index (χ3n) is 5.29. The predicted octanol–water partition coefficient (Wildman–Crippen LogP) is 3.28. The van der Waals surface area contributed by atoms with E-state index in [9.17, 15) is 8.42 Å². The molecule has 0 spiro atoms. The van der Waals surface area contributed by atoms with Crippen LogP contribution >= 0.6 is 22.9 Å². The number of halogens is 1. The third-order valence-corrected chi connectivity index (χ3v) is 9.03. The topological polar surface area (TPSA) is 154 Å². The van der Waals surface area contributed by atoms with E-state index in [1.165, 1.54) is 18.4 Å². The first-order valence-corrected chi connectivity index (χ1v) is 12.7. The minimum Gasteiger partial charge on any atom is -0.415 e. The number of rotatable bonds is 4. The summed E-state index contributed by atoms with van der Waals surface area (Å²) in [6.07, 6.45) is 0. The number of nitrogens with zero attached hydrogens (tertiary/aromatic N) is 6. The third kappa shape index (κ3) is 3.85. The lowest BCUT2D eigenvalue weighted by Gasteiger charge is -2.33. The van der Waals surface area contributed by atoms with Gasteiger partial charge in [-0.25, -0.2) is 17.7 Å². The number of aliphatic imine (C=N–C) groups is 1. The zero-order valence-corrected chi connectivity index (χ0v) is 20.6. The first-order valence-electron chi connectivity index (χ1n) is 9.92. The maximum absolute atomic E-state index is 12.5. The molecule has 1 aliphatic rings. The van der Waals surface area contributed by atoms with Gasteiger partial charge in [-0.2, -0.15) is 4.98 Å². The number of aromatic nitrogens is 4. The van der Waals surface area contributed by atoms with Gasteiger partial charge in [0, 0.05) is 25.1 Å². The minimum atomic E-state index is -3.63. The standard InChI is InChI=1S/C20H18ClN7O4S2/c1-10-23-16(27-32-10)11-4-6-12(7-5-11)17-25-26-18(31-17)14-8-13(21)15(33-14)20(2)9-34(29,30)28(3)19(22)24-20/h4-8H,9H2,1-3H3,(H2,22,24)/t20-/m0/s1. The average molecular weight is 520 g/mol. The van der Waals surface area contributed by atoms with Gasteiger partial charge < -0.3 is 14.7 Å². The summed E-state index contributed by atoms with van der Waals surface area (Å²) in [5.41, 5.74) is 6.21. The van der Waals surface area contributed by atoms with Crippen molar-refractivity contribution in [2.75, 3.05) is 12.8 Å². The number of thiophene rings is 1. The van der Waals surface area contributed by atoms with Gasteiger partial charge in [-0.05, 0) is 25.1 Å². The molecule has 14 heteroatoms. The van der Waals surface area contributed by atoms with Crippen molar-refractivity contribution in [1.29, 1.82) is 0 Å². The van der Waals surface area contributed by atoms with E-state index >= 15 is 0 Å². The summed E-state index contributed by atoms with van der Waals surface area (Å²) in [6, 6.07) is 8.93. The molecule has 5 rings (SSSR count). The summed E-state index contributed by atoms with van der Waals surface area (Å²) in [6.45, 7) is 3.40. The number of nitrogens with two attached hydrogens (primary N) is 1. The molecule has 1 atom stereocenters. The average Bonchev–Trinajstić information content (AvgIpc) is 3.51. The molecule has 1 aliphatic heterocycles. The first-order chi connectivity index (χ1) is 16.1. The van der Waals surface area contributed by atoms with Crippen molar-refractivity contribution in [3.63, 3.8) is 0 Å². The Morgan fingerprint density at radius 3 is 2.50 bits per heavy atom. The lowest BCUT2D eigenvalue weighted by molar-refractivity contribution is 0.394. The molecule has 2 N–H and O–H groups in total. The smallest absolute Gasteiger partial charge is 0.258 e.